The van der Waals surface area contributed by atoms with Crippen molar-refractivity contribution in [2.75, 3.05) is 5.32 Å². The molecule has 198 valence electrons. The molecule has 1 fully saturated rings. The summed E-state index contributed by atoms with van der Waals surface area (Å²) in [4.78, 5) is 25.9. The molecule has 0 saturated heterocycles. The van der Waals surface area contributed by atoms with Gasteiger partial charge in [-0.25, -0.2) is 8.78 Å². The Morgan fingerprint density at radius 3 is 2.29 bits per heavy atom. The van der Waals surface area contributed by atoms with Crippen molar-refractivity contribution >= 4 is 29.1 Å². The highest BCUT2D eigenvalue weighted by Gasteiger charge is 2.47. The molecule has 0 unspecified atom stereocenters. The number of benzene rings is 3. The minimum Gasteiger partial charge on any atom is -0.324 e. The number of halogens is 3. The predicted molar refractivity (Wildman–Crippen MR) is 143 cm³/mol. The molecule has 0 radical (unpaired) electrons. The van der Waals surface area contributed by atoms with Crippen LogP contribution in [-0.4, -0.2) is 17.0 Å². The van der Waals surface area contributed by atoms with E-state index in [2.05, 4.69) is 10.6 Å². The first-order valence-electron chi connectivity index (χ1n) is 12.1. The number of amides is 2. The van der Waals surface area contributed by atoms with Crippen LogP contribution in [0.1, 0.15) is 46.8 Å². The molecule has 0 aliphatic heterocycles. The maximum Gasteiger partial charge on any atom is 0.276 e. The summed E-state index contributed by atoms with van der Waals surface area (Å²) >= 11 is 6.45. The molecule has 1 saturated carbocycles. The minimum absolute atomic E-state index is 0.0260. The zero-order valence-corrected chi connectivity index (χ0v) is 21.9. The van der Waals surface area contributed by atoms with Gasteiger partial charge >= 0.3 is 0 Å². The Balaban J connectivity index is 1.54. The second-order valence-electron chi connectivity index (χ2n) is 9.46. The molecular weight excluding hydrogens is 512 g/mol. The van der Waals surface area contributed by atoms with Crippen LogP contribution in [-0.2, 0) is 10.7 Å². The first-order valence-corrected chi connectivity index (χ1v) is 12.5. The molecule has 38 heavy (non-hydrogen) atoms. The van der Waals surface area contributed by atoms with E-state index in [9.17, 15) is 23.6 Å². The summed E-state index contributed by atoms with van der Waals surface area (Å²) in [5, 5.41) is 15.2. The zero-order chi connectivity index (χ0) is 27.6. The summed E-state index contributed by atoms with van der Waals surface area (Å²) in [6, 6.07) is 16.1. The Bertz CT molecular complexity index is 1410. The Hall–Kier alpha value is -3.75. The smallest absolute Gasteiger partial charge is 0.276 e. The van der Waals surface area contributed by atoms with E-state index in [-0.39, 0.29) is 22.6 Å². The number of anilines is 1. The van der Waals surface area contributed by atoms with E-state index in [1.54, 1.807) is 23.7 Å². The van der Waals surface area contributed by atoms with Crippen LogP contribution in [0.5, 0.6) is 0 Å². The highest BCUT2D eigenvalue weighted by Crippen LogP contribution is 2.49. The first kappa shape index (κ1) is 27.3. The lowest BCUT2D eigenvalue weighted by Gasteiger charge is -2.17. The number of hydroxylamine groups is 1. The largest absolute Gasteiger partial charge is 0.324 e. The number of rotatable bonds is 8. The number of nitrogens with one attached hydrogen (secondary N) is 3. The molecule has 4 rings (SSSR count). The van der Waals surface area contributed by atoms with Crippen LogP contribution in [0.2, 0.25) is 5.02 Å². The standard InChI is InChI=1S/C29H28ClF2N3O3/c1-16-6-4-7-17(2)25(16)23-14-19(10-13-24(23)30)27(36)33-18(3)26(35-38)28(37)34-22-9-5-8-21(15-22)29(31,32)20-11-12-20/h4-10,13-15,20,35,38H,11-12H2,1-3H3,(H,33,36)(H,34,37)/b26-18-. The number of carbonyl (C=O) groups is 2. The number of aryl methyl sites for hydroxylation is 2. The van der Waals surface area contributed by atoms with Gasteiger partial charge in [0.2, 0.25) is 0 Å². The van der Waals surface area contributed by atoms with E-state index in [1.165, 1.54) is 31.2 Å². The fourth-order valence-corrected chi connectivity index (χ4v) is 4.60. The molecule has 0 atom stereocenters. The summed E-state index contributed by atoms with van der Waals surface area (Å²) in [5.41, 5.74) is 5.34. The summed E-state index contributed by atoms with van der Waals surface area (Å²) in [5.74, 6) is -5.02. The number of alkyl halides is 2. The second-order valence-corrected chi connectivity index (χ2v) is 9.87. The average molecular weight is 540 g/mol. The number of hydrogen-bond donors (Lipinski definition) is 4. The van der Waals surface area contributed by atoms with E-state index in [0.29, 0.717) is 29.0 Å². The topological polar surface area (TPSA) is 90.5 Å². The zero-order valence-electron chi connectivity index (χ0n) is 21.2. The fraction of sp³-hybridized carbons (Fsp3) is 0.241. The molecule has 0 bridgehead atoms. The molecular formula is C29H28ClF2N3O3. The van der Waals surface area contributed by atoms with Gasteiger partial charge in [-0.1, -0.05) is 41.9 Å². The molecule has 0 aromatic heterocycles. The van der Waals surface area contributed by atoms with E-state index < -0.39 is 23.7 Å². The molecule has 0 heterocycles. The lowest BCUT2D eigenvalue weighted by atomic mass is 9.94. The van der Waals surface area contributed by atoms with Crippen molar-refractivity contribution in [3.05, 3.63) is 99.3 Å². The van der Waals surface area contributed by atoms with E-state index in [1.807, 2.05) is 32.0 Å². The maximum absolute atomic E-state index is 14.5. The number of carbonyl (C=O) groups excluding carboxylic acids is 2. The molecule has 4 N–H and O–H groups in total. The Kier molecular flexibility index (Phi) is 7.85. The third-order valence-electron chi connectivity index (χ3n) is 6.59. The molecule has 9 heteroatoms. The van der Waals surface area contributed by atoms with Crippen LogP contribution in [0.25, 0.3) is 11.1 Å². The maximum atomic E-state index is 14.5. The van der Waals surface area contributed by atoms with Gasteiger partial charge in [0, 0.05) is 39.0 Å². The predicted octanol–water partition coefficient (Wildman–Crippen LogP) is 6.70. The number of hydrogen-bond acceptors (Lipinski definition) is 4. The molecule has 3 aromatic carbocycles. The van der Waals surface area contributed by atoms with Crippen molar-refractivity contribution < 1.29 is 23.6 Å². The third kappa shape index (κ3) is 5.71. The minimum atomic E-state index is -2.98. The lowest BCUT2D eigenvalue weighted by Crippen LogP contribution is -2.31. The van der Waals surface area contributed by atoms with Gasteiger partial charge in [0.1, 0.15) is 5.70 Å². The van der Waals surface area contributed by atoms with Crippen LogP contribution in [0, 0.1) is 19.8 Å². The summed E-state index contributed by atoms with van der Waals surface area (Å²) in [6.45, 7) is 5.34. The molecule has 3 aromatic rings. The Morgan fingerprint density at radius 1 is 1.00 bits per heavy atom. The summed E-state index contributed by atoms with van der Waals surface area (Å²) in [6.07, 6.45) is 0.924. The van der Waals surface area contributed by atoms with Crippen LogP contribution in [0.4, 0.5) is 14.5 Å². The second kappa shape index (κ2) is 10.9. The van der Waals surface area contributed by atoms with E-state index in [4.69, 9.17) is 11.6 Å². The monoisotopic (exact) mass is 539 g/mol. The van der Waals surface area contributed by atoms with Crippen LogP contribution in [0.15, 0.2) is 72.1 Å². The van der Waals surface area contributed by atoms with Crippen LogP contribution < -0.4 is 16.1 Å². The van der Waals surface area contributed by atoms with E-state index >= 15 is 0 Å². The van der Waals surface area contributed by atoms with Gasteiger partial charge in [-0.15, -0.1) is 0 Å². The van der Waals surface area contributed by atoms with Crippen molar-refractivity contribution in [3.63, 3.8) is 0 Å². The SMILES string of the molecule is C/C(NC(=O)c1ccc(Cl)c(-c2c(C)cccc2C)c1)=C(/NO)C(=O)Nc1cccc(C(F)(F)C2CC2)c1. The molecule has 2 amide bonds. The van der Waals surface area contributed by atoms with Gasteiger partial charge in [0.25, 0.3) is 17.7 Å². The van der Waals surface area contributed by atoms with Crippen molar-refractivity contribution in [2.45, 2.75) is 39.5 Å². The van der Waals surface area contributed by atoms with Gasteiger partial charge in [-0.05, 0) is 80.6 Å². The molecule has 6 nitrogen and oxygen atoms in total. The van der Waals surface area contributed by atoms with Crippen LogP contribution >= 0.6 is 11.6 Å². The van der Waals surface area contributed by atoms with Gasteiger partial charge < -0.3 is 10.6 Å². The average Bonchev–Trinajstić information content (AvgIpc) is 3.72. The highest BCUT2D eigenvalue weighted by molar-refractivity contribution is 6.33. The van der Waals surface area contributed by atoms with Gasteiger partial charge in [0.15, 0.2) is 0 Å². The van der Waals surface area contributed by atoms with Crippen molar-refractivity contribution in [1.82, 2.24) is 10.8 Å². The van der Waals surface area contributed by atoms with Crippen molar-refractivity contribution in [2.24, 2.45) is 5.92 Å². The molecule has 0 spiro atoms. The quantitative estimate of drug-likeness (QED) is 0.189. The van der Waals surface area contributed by atoms with Gasteiger partial charge in [-0.3, -0.25) is 20.3 Å². The van der Waals surface area contributed by atoms with Crippen molar-refractivity contribution in [3.8, 4) is 11.1 Å². The van der Waals surface area contributed by atoms with Gasteiger partial charge in [-0.2, -0.15) is 0 Å². The Morgan fingerprint density at radius 2 is 1.66 bits per heavy atom. The third-order valence-corrected chi connectivity index (χ3v) is 6.92. The van der Waals surface area contributed by atoms with Crippen LogP contribution in [0.3, 0.4) is 0 Å². The fourth-order valence-electron chi connectivity index (χ4n) is 4.39. The Labute approximate surface area is 224 Å². The van der Waals surface area contributed by atoms with Gasteiger partial charge in [0.05, 0.1) is 0 Å². The molecule has 1 aliphatic rings. The molecule has 1 aliphatic carbocycles. The summed E-state index contributed by atoms with van der Waals surface area (Å²) in [7, 11) is 0. The number of allylic oxidation sites excluding steroid dienone is 1. The lowest BCUT2D eigenvalue weighted by molar-refractivity contribution is -0.114. The first-order chi connectivity index (χ1) is 18.0. The summed E-state index contributed by atoms with van der Waals surface area (Å²) < 4.78 is 29.0. The van der Waals surface area contributed by atoms with Crippen molar-refractivity contribution in [1.29, 1.82) is 0 Å². The normalized spacial score (nSPS) is 14.0. The highest BCUT2D eigenvalue weighted by atomic mass is 35.5. The van der Waals surface area contributed by atoms with E-state index in [0.717, 1.165) is 16.7 Å².